The Hall–Kier alpha value is -3.96. The molecule has 0 saturated carbocycles. The van der Waals surface area contributed by atoms with Crippen molar-refractivity contribution in [3.8, 4) is 5.69 Å². The third kappa shape index (κ3) is 4.06. The van der Waals surface area contributed by atoms with Crippen LogP contribution in [0.5, 0.6) is 0 Å². The summed E-state index contributed by atoms with van der Waals surface area (Å²) in [7, 11) is 1.89. The van der Waals surface area contributed by atoms with Gasteiger partial charge in [0.25, 0.3) is 5.56 Å². The molecule has 1 amide bonds. The highest BCUT2D eigenvalue weighted by Crippen LogP contribution is 2.26. The van der Waals surface area contributed by atoms with Gasteiger partial charge in [0.2, 0.25) is 11.1 Å². The largest absolute Gasteiger partial charge is 0.334 e. The van der Waals surface area contributed by atoms with Crippen LogP contribution in [-0.2, 0) is 11.8 Å². The van der Waals surface area contributed by atoms with Crippen LogP contribution in [0.3, 0.4) is 0 Å². The highest BCUT2D eigenvalue weighted by Gasteiger charge is 2.15. The van der Waals surface area contributed by atoms with Gasteiger partial charge in [-0.2, -0.15) is 0 Å². The molecule has 3 heterocycles. The molecular weight excluding hydrogens is 478 g/mol. The van der Waals surface area contributed by atoms with Gasteiger partial charge in [-0.05, 0) is 24.3 Å². The lowest BCUT2D eigenvalue weighted by molar-refractivity contribution is -0.113. The number of benzene rings is 2. The third-order valence-electron chi connectivity index (χ3n) is 5.10. The minimum Gasteiger partial charge on any atom is -0.327 e. The van der Waals surface area contributed by atoms with Crippen molar-refractivity contribution in [3.05, 3.63) is 80.5 Å². The number of rotatable bonds is 5. The van der Waals surface area contributed by atoms with Gasteiger partial charge in [0.15, 0.2) is 5.65 Å². The second-order valence-electron chi connectivity index (χ2n) is 7.32. The van der Waals surface area contributed by atoms with E-state index in [1.807, 2.05) is 35.9 Å². The number of aromatic nitrogens is 6. The first-order chi connectivity index (χ1) is 16.4. The molecule has 0 radical (unpaired) electrons. The molecule has 10 nitrogen and oxygen atoms in total. The van der Waals surface area contributed by atoms with E-state index in [0.717, 1.165) is 33.3 Å². The van der Waals surface area contributed by atoms with Gasteiger partial charge in [0, 0.05) is 23.5 Å². The maximum atomic E-state index is 12.7. The predicted octanol–water partition coefficient (Wildman–Crippen LogP) is 2.74. The van der Waals surface area contributed by atoms with E-state index in [1.54, 1.807) is 24.3 Å². The van der Waals surface area contributed by atoms with Gasteiger partial charge in [-0.3, -0.25) is 14.6 Å². The van der Waals surface area contributed by atoms with Crippen LogP contribution in [0.1, 0.15) is 0 Å². The minimum absolute atomic E-state index is 0.0183. The number of amides is 1. The van der Waals surface area contributed by atoms with Crippen molar-refractivity contribution in [1.82, 2.24) is 29.3 Å². The van der Waals surface area contributed by atoms with Crippen molar-refractivity contribution >= 4 is 57.2 Å². The van der Waals surface area contributed by atoms with Crippen molar-refractivity contribution in [2.24, 2.45) is 7.05 Å². The lowest BCUT2D eigenvalue weighted by Gasteiger charge is -2.13. The van der Waals surface area contributed by atoms with Crippen LogP contribution in [0.2, 0.25) is 5.02 Å². The minimum atomic E-state index is -0.702. The number of aryl methyl sites for hydroxylation is 1. The van der Waals surface area contributed by atoms with E-state index >= 15 is 0 Å². The van der Waals surface area contributed by atoms with E-state index in [0.29, 0.717) is 27.0 Å². The summed E-state index contributed by atoms with van der Waals surface area (Å²) in [6.07, 6.45) is 0. The lowest BCUT2D eigenvalue weighted by atomic mass is 10.2. The number of fused-ring (bicyclic) bond motifs is 3. The second-order valence-corrected chi connectivity index (χ2v) is 8.70. The number of carbonyl (C=O) groups is 1. The summed E-state index contributed by atoms with van der Waals surface area (Å²) in [5.41, 5.74) is 1.37. The number of H-pyrrole nitrogens is 1. The van der Waals surface area contributed by atoms with Crippen LogP contribution in [0.4, 0.5) is 5.82 Å². The molecule has 0 fully saturated rings. The number of halogens is 1. The number of anilines is 1. The van der Waals surface area contributed by atoms with E-state index in [4.69, 9.17) is 11.6 Å². The zero-order chi connectivity index (χ0) is 23.8. The fourth-order valence-corrected chi connectivity index (χ4v) is 4.39. The summed E-state index contributed by atoms with van der Waals surface area (Å²) in [4.78, 5) is 43.7. The molecule has 5 rings (SSSR count). The van der Waals surface area contributed by atoms with Gasteiger partial charge in [-0.1, -0.05) is 47.6 Å². The predicted molar refractivity (Wildman–Crippen MR) is 131 cm³/mol. The number of nitrogens with one attached hydrogen (secondary N) is 2. The van der Waals surface area contributed by atoms with E-state index < -0.39 is 17.2 Å². The molecule has 0 saturated heterocycles. The van der Waals surface area contributed by atoms with Crippen LogP contribution in [-0.4, -0.2) is 41.0 Å². The quantitative estimate of drug-likeness (QED) is 0.360. The summed E-state index contributed by atoms with van der Waals surface area (Å²) in [5.74, 6) is -0.496. The number of para-hydroxylation sites is 1. The monoisotopic (exact) mass is 493 g/mol. The third-order valence-corrected chi connectivity index (χ3v) is 6.17. The van der Waals surface area contributed by atoms with Gasteiger partial charge in [-0.25, -0.2) is 14.3 Å². The Morgan fingerprint density at radius 3 is 2.76 bits per heavy atom. The Morgan fingerprint density at radius 1 is 1.12 bits per heavy atom. The molecule has 170 valence electrons. The standard InChI is InChI=1S/C22H16ClN7O3S/c1-29-15-8-3-2-7-14(15)19-20(29)26-21(28-27-19)34-11-18(32)24-16-10-17(31)25-22(33)30(16)13-6-4-5-12(23)9-13/h2-10H,11H2,1H3,(H,24,32)(H,25,31,33). The molecule has 3 aromatic heterocycles. The molecule has 0 unspecified atom stereocenters. The Kier molecular flexibility index (Phi) is 5.64. The average molecular weight is 494 g/mol. The fourth-order valence-electron chi connectivity index (χ4n) is 3.62. The van der Waals surface area contributed by atoms with Crippen molar-refractivity contribution < 1.29 is 4.79 Å². The highest BCUT2D eigenvalue weighted by molar-refractivity contribution is 7.99. The first-order valence-electron chi connectivity index (χ1n) is 10.0. The van der Waals surface area contributed by atoms with E-state index in [2.05, 4.69) is 25.5 Å². The number of aromatic amines is 1. The van der Waals surface area contributed by atoms with Crippen LogP contribution in [0, 0.1) is 0 Å². The number of thioether (sulfide) groups is 1. The Bertz CT molecular complexity index is 1690. The smallest absolute Gasteiger partial charge is 0.327 e. The summed E-state index contributed by atoms with van der Waals surface area (Å²) in [5, 5.41) is 12.7. The molecule has 12 heteroatoms. The normalized spacial score (nSPS) is 11.2. The number of carbonyl (C=O) groups excluding carboxylic acids is 1. The molecular formula is C22H16ClN7O3S. The number of hydrogen-bond acceptors (Lipinski definition) is 7. The molecule has 0 atom stereocenters. The molecule has 0 aliphatic carbocycles. The maximum Gasteiger partial charge on any atom is 0.334 e. The Balaban J connectivity index is 1.39. The van der Waals surface area contributed by atoms with E-state index in [9.17, 15) is 14.4 Å². The molecule has 34 heavy (non-hydrogen) atoms. The Morgan fingerprint density at radius 2 is 1.94 bits per heavy atom. The van der Waals surface area contributed by atoms with E-state index in [1.165, 1.54) is 0 Å². The number of nitrogens with zero attached hydrogens (tertiary/aromatic N) is 5. The van der Waals surface area contributed by atoms with E-state index in [-0.39, 0.29) is 11.6 Å². The maximum absolute atomic E-state index is 12.7. The molecule has 2 aromatic carbocycles. The van der Waals surface area contributed by atoms with Gasteiger partial charge in [-0.15, -0.1) is 10.2 Å². The first kappa shape index (κ1) is 21.9. The molecule has 2 N–H and O–H groups in total. The van der Waals surface area contributed by atoms with Crippen molar-refractivity contribution in [3.63, 3.8) is 0 Å². The second kappa shape index (κ2) is 8.76. The SMILES string of the molecule is Cn1c2ccccc2c2nnc(SCC(=O)Nc3cc(=O)[nH]c(=O)n3-c3cccc(Cl)c3)nc21. The van der Waals surface area contributed by atoms with Crippen LogP contribution in [0.25, 0.3) is 27.8 Å². The topological polar surface area (TPSA) is 128 Å². The molecule has 5 aromatic rings. The lowest BCUT2D eigenvalue weighted by Crippen LogP contribution is -2.32. The van der Waals surface area contributed by atoms with Crippen LogP contribution >= 0.6 is 23.4 Å². The summed E-state index contributed by atoms with van der Waals surface area (Å²) >= 11 is 7.12. The average Bonchev–Trinajstić information content (AvgIpc) is 3.09. The zero-order valence-electron chi connectivity index (χ0n) is 17.7. The van der Waals surface area contributed by atoms with Crippen molar-refractivity contribution in [2.45, 2.75) is 5.16 Å². The zero-order valence-corrected chi connectivity index (χ0v) is 19.2. The molecule has 0 spiro atoms. The van der Waals surface area contributed by atoms with Gasteiger partial charge < -0.3 is 9.88 Å². The summed E-state index contributed by atoms with van der Waals surface area (Å²) in [6, 6.07) is 15.4. The number of hydrogen-bond donors (Lipinski definition) is 2. The van der Waals surface area contributed by atoms with Crippen LogP contribution < -0.4 is 16.6 Å². The first-order valence-corrected chi connectivity index (χ1v) is 11.4. The van der Waals surface area contributed by atoms with Crippen molar-refractivity contribution in [1.29, 1.82) is 0 Å². The van der Waals surface area contributed by atoms with Gasteiger partial charge >= 0.3 is 5.69 Å². The molecule has 0 aliphatic rings. The van der Waals surface area contributed by atoms with Gasteiger partial charge in [0.1, 0.15) is 11.3 Å². The van der Waals surface area contributed by atoms with Crippen molar-refractivity contribution in [2.75, 3.05) is 11.1 Å². The highest BCUT2D eigenvalue weighted by atomic mass is 35.5. The Labute approximate surface area is 200 Å². The fraction of sp³-hybridized carbons (Fsp3) is 0.0909. The van der Waals surface area contributed by atoms with Crippen LogP contribution in [0.15, 0.2) is 69.3 Å². The summed E-state index contributed by atoms with van der Waals surface area (Å²) < 4.78 is 3.08. The molecule has 0 aliphatic heterocycles. The molecule has 0 bridgehead atoms. The summed E-state index contributed by atoms with van der Waals surface area (Å²) in [6.45, 7) is 0. The van der Waals surface area contributed by atoms with Gasteiger partial charge in [0.05, 0.1) is 17.0 Å².